The van der Waals surface area contributed by atoms with E-state index in [1.807, 2.05) is 29.3 Å². The van der Waals surface area contributed by atoms with Crippen LogP contribution in [0.4, 0.5) is 5.69 Å². The number of allylic oxidation sites excluding steroid dienone is 2. The number of pyridine rings is 1. The van der Waals surface area contributed by atoms with Crippen LogP contribution in [0.5, 0.6) is 0 Å². The molecule has 13 heavy (non-hydrogen) atoms. The predicted octanol–water partition coefficient (Wildman–Crippen LogP) is 1.86. The average Bonchev–Trinajstić information content (AvgIpc) is 2.19. The van der Waals surface area contributed by atoms with Gasteiger partial charge in [0.25, 0.3) is 0 Å². The molecule has 2 heterocycles. The van der Waals surface area contributed by atoms with Gasteiger partial charge in [0.15, 0.2) is 0 Å². The van der Waals surface area contributed by atoms with Gasteiger partial charge in [-0.3, -0.25) is 4.98 Å². The zero-order valence-corrected chi connectivity index (χ0v) is 7.09. The largest absolute Gasteiger partial charge is 0.510 e. The quantitative estimate of drug-likeness (QED) is 0.706. The lowest BCUT2D eigenvalue weighted by Crippen LogP contribution is -2.21. The Kier molecular flexibility index (Phi) is 2.00. The maximum absolute atomic E-state index is 9.29. The molecular formula is C10H10N2O. The highest BCUT2D eigenvalue weighted by Crippen LogP contribution is 2.15. The van der Waals surface area contributed by atoms with Crippen LogP contribution in [0.3, 0.4) is 0 Å². The number of aliphatic hydroxyl groups excluding tert-OH is 1. The zero-order valence-electron chi connectivity index (χ0n) is 7.09. The highest BCUT2D eigenvalue weighted by molar-refractivity contribution is 5.49. The Balaban J connectivity index is 2.21. The molecule has 66 valence electrons. The van der Waals surface area contributed by atoms with E-state index in [2.05, 4.69) is 4.98 Å². The molecule has 0 spiro atoms. The molecule has 0 saturated heterocycles. The summed E-state index contributed by atoms with van der Waals surface area (Å²) in [6.45, 7) is 0.516. The minimum Gasteiger partial charge on any atom is -0.510 e. The van der Waals surface area contributed by atoms with Crippen LogP contribution in [0, 0.1) is 0 Å². The summed E-state index contributed by atoms with van der Waals surface area (Å²) >= 11 is 0. The van der Waals surface area contributed by atoms with E-state index in [9.17, 15) is 5.11 Å². The zero-order chi connectivity index (χ0) is 9.10. The van der Waals surface area contributed by atoms with E-state index < -0.39 is 0 Å². The monoisotopic (exact) mass is 174 g/mol. The summed E-state index contributed by atoms with van der Waals surface area (Å²) in [6.07, 6.45) is 8.91. The van der Waals surface area contributed by atoms with Crippen molar-refractivity contribution in [3.63, 3.8) is 0 Å². The molecule has 2 rings (SSSR count). The number of rotatable bonds is 1. The molecule has 0 atom stereocenters. The molecule has 3 heteroatoms. The molecule has 0 bridgehead atoms. The maximum atomic E-state index is 9.29. The summed E-state index contributed by atoms with van der Waals surface area (Å²) < 4.78 is 0. The van der Waals surface area contributed by atoms with Crippen molar-refractivity contribution in [2.45, 2.75) is 0 Å². The first-order valence-corrected chi connectivity index (χ1v) is 4.09. The Labute approximate surface area is 76.6 Å². The first-order valence-electron chi connectivity index (χ1n) is 4.09. The highest BCUT2D eigenvalue weighted by atomic mass is 16.3. The number of nitrogens with zero attached hydrogens (tertiary/aromatic N) is 2. The average molecular weight is 174 g/mol. The summed E-state index contributed by atoms with van der Waals surface area (Å²) in [5, 5.41) is 9.29. The van der Waals surface area contributed by atoms with Crippen molar-refractivity contribution >= 4 is 5.69 Å². The van der Waals surface area contributed by atoms with Crippen LogP contribution in [0.1, 0.15) is 0 Å². The van der Waals surface area contributed by atoms with Gasteiger partial charge in [-0.25, -0.2) is 0 Å². The summed E-state index contributed by atoms with van der Waals surface area (Å²) in [4.78, 5) is 5.94. The molecule has 0 aromatic carbocycles. The fourth-order valence-electron chi connectivity index (χ4n) is 1.24. The van der Waals surface area contributed by atoms with Crippen molar-refractivity contribution < 1.29 is 5.11 Å². The van der Waals surface area contributed by atoms with E-state index in [1.165, 1.54) is 0 Å². The van der Waals surface area contributed by atoms with Crippen molar-refractivity contribution in [2.24, 2.45) is 0 Å². The highest BCUT2D eigenvalue weighted by Gasteiger charge is 2.07. The Morgan fingerprint density at radius 1 is 1.46 bits per heavy atom. The Hall–Kier alpha value is -1.77. The number of hydrogen-bond acceptors (Lipinski definition) is 3. The smallest absolute Gasteiger partial charge is 0.112 e. The molecule has 0 saturated carbocycles. The molecule has 1 aliphatic heterocycles. The van der Waals surface area contributed by atoms with Crippen LogP contribution < -0.4 is 4.90 Å². The van der Waals surface area contributed by atoms with Crippen LogP contribution in [-0.2, 0) is 0 Å². The van der Waals surface area contributed by atoms with Crippen LogP contribution in [0.15, 0.2) is 48.6 Å². The van der Waals surface area contributed by atoms with Gasteiger partial charge in [0, 0.05) is 12.4 Å². The summed E-state index contributed by atoms with van der Waals surface area (Å²) in [7, 11) is 0. The van der Waals surface area contributed by atoms with Crippen molar-refractivity contribution in [3.05, 3.63) is 48.6 Å². The third kappa shape index (κ3) is 1.69. The van der Waals surface area contributed by atoms with Gasteiger partial charge in [-0.05, 0) is 24.3 Å². The van der Waals surface area contributed by atoms with Gasteiger partial charge in [0.05, 0.1) is 18.4 Å². The topological polar surface area (TPSA) is 36.4 Å². The van der Waals surface area contributed by atoms with E-state index in [1.54, 1.807) is 18.5 Å². The molecule has 0 amide bonds. The summed E-state index contributed by atoms with van der Waals surface area (Å²) in [5.41, 5.74) is 0.985. The molecule has 0 unspecified atom stereocenters. The second-order valence-corrected chi connectivity index (χ2v) is 2.84. The van der Waals surface area contributed by atoms with E-state index in [4.69, 9.17) is 0 Å². The minimum atomic E-state index is 0.367. The number of aromatic nitrogens is 1. The van der Waals surface area contributed by atoms with Crippen molar-refractivity contribution in [2.75, 3.05) is 11.4 Å². The third-order valence-electron chi connectivity index (χ3n) is 1.86. The number of aliphatic hydroxyl groups is 1. The van der Waals surface area contributed by atoms with Gasteiger partial charge in [-0.2, -0.15) is 0 Å². The molecule has 1 aromatic heterocycles. The Morgan fingerprint density at radius 3 is 3.08 bits per heavy atom. The van der Waals surface area contributed by atoms with Crippen molar-refractivity contribution in [3.8, 4) is 0 Å². The van der Waals surface area contributed by atoms with E-state index >= 15 is 0 Å². The first-order chi connectivity index (χ1) is 6.36. The fraction of sp³-hybridized carbons (Fsp3) is 0.100. The lowest BCUT2D eigenvalue weighted by Gasteiger charge is -2.21. The van der Waals surface area contributed by atoms with Gasteiger partial charge in [0.1, 0.15) is 5.76 Å². The van der Waals surface area contributed by atoms with Gasteiger partial charge < -0.3 is 10.0 Å². The van der Waals surface area contributed by atoms with Crippen LogP contribution >= 0.6 is 0 Å². The lowest BCUT2D eigenvalue weighted by molar-refractivity contribution is 0.401. The van der Waals surface area contributed by atoms with E-state index in [-0.39, 0.29) is 0 Å². The second-order valence-electron chi connectivity index (χ2n) is 2.84. The van der Waals surface area contributed by atoms with E-state index in [0.29, 0.717) is 12.3 Å². The van der Waals surface area contributed by atoms with Gasteiger partial charge in [0.2, 0.25) is 0 Å². The standard InChI is InChI=1S/C10H10N2O/c13-10-4-2-6-12(8-10)9-3-1-5-11-7-9/h1-7,13H,8H2. The normalized spacial score (nSPS) is 15.7. The number of hydrogen-bond donors (Lipinski definition) is 1. The first kappa shape index (κ1) is 7.86. The van der Waals surface area contributed by atoms with Crippen LogP contribution in [0.25, 0.3) is 0 Å². The molecule has 1 N–H and O–H groups in total. The molecule has 0 aliphatic carbocycles. The van der Waals surface area contributed by atoms with Crippen molar-refractivity contribution in [1.29, 1.82) is 0 Å². The molecule has 1 aliphatic rings. The molecule has 0 fully saturated rings. The fourth-order valence-corrected chi connectivity index (χ4v) is 1.24. The van der Waals surface area contributed by atoms with Crippen molar-refractivity contribution in [1.82, 2.24) is 4.98 Å². The second kappa shape index (κ2) is 3.31. The maximum Gasteiger partial charge on any atom is 0.112 e. The van der Waals surface area contributed by atoms with Crippen LogP contribution in [-0.4, -0.2) is 16.6 Å². The van der Waals surface area contributed by atoms with Crippen LogP contribution in [0.2, 0.25) is 0 Å². The molecule has 1 aromatic rings. The SMILES string of the molecule is OC1=CC=CN(c2cccnc2)C1. The van der Waals surface area contributed by atoms with E-state index in [0.717, 1.165) is 5.69 Å². The van der Waals surface area contributed by atoms with Gasteiger partial charge in [-0.15, -0.1) is 0 Å². The Morgan fingerprint density at radius 2 is 2.38 bits per heavy atom. The summed E-state index contributed by atoms with van der Waals surface area (Å²) in [5.74, 6) is 0.367. The predicted molar refractivity (Wildman–Crippen MR) is 51.4 cm³/mol. The van der Waals surface area contributed by atoms with Gasteiger partial charge >= 0.3 is 0 Å². The molecule has 0 radical (unpaired) electrons. The lowest BCUT2D eigenvalue weighted by atomic mass is 10.3. The number of anilines is 1. The van der Waals surface area contributed by atoms with Gasteiger partial charge in [-0.1, -0.05) is 0 Å². The molecular weight excluding hydrogens is 164 g/mol. The minimum absolute atomic E-state index is 0.367. The third-order valence-corrected chi connectivity index (χ3v) is 1.86. The summed E-state index contributed by atoms with van der Waals surface area (Å²) in [6, 6.07) is 3.83. The Bertz CT molecular complexity index is 343. The molecule has 3 nitrogen and oxygen atoms in total.